The maximum atomic E-state index is 11.7. The zero-order valence-electron chi connectivity index (χ0n) is 9.40. The molecule has 0 aliphatic heterocycles. The molecular weight excluding hydrogens is 238 g/mol. The topological polar surface area (TPSA) is 74.8 Å². The summed E-state index contributed by atoms with van der Waals surface area (Å²) in [6, 6.07) is 3.41. The number of nitrogens with one attached hydrogen (secondary N) is 2. The number of aromatic amines is 1. The number of ketones is 1. The number of rotatable bonds is 3. The molecule has 1 amide bonds. The van der Waals surface area contributed by atoms with Crippen molar-refractivity contribution in [3.63, 3.8) is 0 Å². The van der Waals surface area contributed by atoms with Gasteiger partial charge in [0.2, 0.25) is 0 Å². The van der Waals surface area contributed by atoms with Crippen LogP contribution in [-0.4, -0.2) is 21.7 Å². The van der Waals surface area contributed by atoms with Gasteiger partial charge in [-0.1, -0.05) is 11.3 Å². The molecule has 17 heavy (non-hydrogen) atoms. The second-order valence-electron chi connectivity index (χ2n) is 3.53. The Balaban J connectivity index is 2.17. The molecule has 2 heterocycles. The van der Waals surface area contributed by atoms with E-state index in [-0.39, 0.29) is 11.7 Å². The van der Waals surface area contributed by atoms with Crippen LogP contribution in [0, 0.1) is 6.92 Å². The minimum Gasteiger partial charge on any atom is -0.357 e. The Morgan fingerprint density at radius 2 is 2.24 bits per heavy atom. The third-order valence-electron chi connectivity index (χ3n) is 2.18. The van der Waals surface area contributed by atoms with Crippen molar-refractivity contribution in [1.29, 1.82) is 0 Å². The van der Waals surface area contributed by atoms with Crippen molar-refractivity contribution in [1.82, 2.24) is 9.97 Å². The normalized spacial score (nSPS) is 10.2. The fourth-order valence-electron chi connectivity index (χ4n) is 1.41. The van der Waals surface area contributed by atoms with E-state index < -0.39 is 0 Å². The van der Waals surface area contributed by atoms with E-state index in [0.717, 1.165) is 0 Å². The van der Waals surface area contributed by atoms with Gasteiger partial charge in [0, 0.05) is 13.1 Å². The summed E-state index contributed by atoms with van der Waals surface area (Å²) in [7, 11) is 0. The highest BCUT2D eigenvalue weighted by Gasteiger charge is 2.14. The lowest BCUT2D eigenvalue weighted by Gasteiger charge is -1.97. The third-order valence-corrected chi connectivity index (χ3v) is 3.35. The summed E-state index contributed by atoms with van der Waals surface area (Å²) in [6.45, 7) is 3.23. The summed E-state index contributed by atoms with van der Waals surface area (Å²) >= 11 is 1.19. The van der Waals surface area contributed by atoms with E-state index in [1.54, 1.807) is 25.3 Å². The molecule has 2 N–H and O–H groups in total. The average molecular weight is 249 g/mol. The van der Waals surface area contributed by atoms with Crippen LogP contribution in [0.15, 0.2) is 18.3 Å². The molecule has 0 saturated carbocycles. The number of nitrogens with zero attached hydrogens (tertiary/aromatic N) is 1. The van der Waals surface area contributed by atoms with Crippen molar-refractivity contribution >= 4 is 28.2 Å². The Morgan fingerprint density at radius 1 is 1.47 bits per heavy atom. The number of amides is 1. The Hall–Kier alpha value is -1.95. The minimum atomic E-state index is -0.265. The Morgan fingerprint density at radius 3 is 2.76 bits per heavy atom. The van der Waals surface area contributed by atoms with Gasteiger partial charge in [-0.3, -0.25) is 14.9 Å². The zero-order valence-corrected chi connectivity index (χ0v) is 10.2. The van der Waals surface area contributed by atoms with Crippen molar-refractivity contribution in [3.8, 4) is 0 Å². The number of carbonyl (C=O) groups is 2. The van der Waals surface area contributed by atoms with E-state index in [4.69, 9.17) is 0 Å². The molecule has 0 atom stereocenters. The Labute approximate surface area is 102 Å². The van der Waals surface area contributed by atoms with Crippen LogP contribution in [-0.2, 0) is 0 Å². The van der Waals surface area contributed by atoms with Crippen molar-refractivity contribution in [2.45, 2.75) is 13.8 Å². The van der Waals surface area contributed by atoms with Crippen LogP contribution >= 0.6 is 11.3 Å². The number of aromatic nitrogens is 2. The number of anilines is 1. The van der Waals surface area contributed by atoms with Crippen molar-refractivity contribution in [2.75, 3.05) is 5.32 Å². The van der Waals surface area contributed by atoms with E-state index in [0.29, 0.717) is 21.4 Å². The Bertz CT molecular complexity index is 557. The Kier molecular flexibility index (Phi) is 3.06. The van der Waals surface area contributed by atoms with Gasteiger partial charge < -0.3 is 4.98 Å². The smallest absolute Gasteiger partial charge is 0.273 e. The van der Waals surface area contributed by atoms with Gasteiger partial charge in [0.25, 0.3) is 5.91 Å². The van der Waals surface area contributed by atoms with Crippen molar-refractivity contribution in [2.24, 2.45) is 0 Å². The van der Waals surface area contributed by atoms with Crippen molar-refractivity contribution < 1.29 is 9.59 Å². The summed E-state index contributed by atoms with van der Waals surface area (Å²) in [5.74, 6) is -0.306. The summed E-state index contributed by atoms with van der Waals surface area (Å²) in [4.78, 5) is 30.5. The molecule has 88 valence electrons. The van der Waals surface area contributed by atoms with Gasteiger partial charge in [-0.05, 0) is 19.1 Å². The molecule has 0 aromatic carbocycles. The third kappa shape index (κ3) is 2.42. The summed E-state index contributed by atoms with van der Waals surface area (Å²) < 4.78 is 0. The SMILES string of the molecule is CC(=O)c1sc(NC(=O)c2ccc[nH]2)nc1C. The monoisotopic (exact) mass is 249 g/mol. The second-order valence-corrected chi connectivity index (χ2v) is 4.53. The van der Waals surface area contributed by atoms with Gasteiger partial charge in [-0.25, -0.2) is 4.98 Å². The largest absolute Gasteiger partial charge is 0.357 e. The quantitative estimate of drug-likeness (QED) is 0.819. The average Bonchev–Trinajstić information content (AvgIpc) is 2.86. The molecule has 2 rings (SSSR count). The first-order valence-corrected chi connectivity index (χ1v) is 5.82. The molecule has 5 nitrogen and oxygen atoms in total. The minimum absolute atomic E-state index is 0.0413. The predicted octanol–water partition coefficient (Wildman–Crippen LogP) is 2.23. The van der Waals surface area contributed by atoms with Gasteiger partial charge in [-0.2, -0.15) is 0 Å². The number of H-pyrrole nitrogens is 1. The first kappa shape index (κ1) is 11.5. The van der Waals surface area contributed by atoms with Crippen LogP contribution in [0.4, 0.5) is 5.13 Å². The van der Waals surface area contributed by atoms with Gasteiger partial charge in [-0.15, -0.1) is 0 Å². The van der Waals surface area contributed by atoms with Crippen LogP contribution in [0.3, 0.4) is 0 Å². The van der Waals surface area contributed by atoms with E-state index in [2.05, 4.69) is 15.3 Å². The fourth-order valence-corrected chi connectivity index (χ4v) is 2.27. The molecular formula is C11H11N3O2S. The molecule has 0 saturated heterocycles. The summed E-state index contributed by atoms with van der Waals surface area (Å²) in [6.07, 6.45) is 1.67. The van der Waals surface area contributed by atoms with Crippen LogP contribution in [0.2, 0.25) is 0 Å². The second kappa shape index (κ2) is 4.50. The summed E-state index contributed by atoms with van der Waals surface area (Å²) in [5, 5.41) is 3.08. The van der Waals surface area contributed by atoms with Gasteiger partial charge in [0.15, 0.2) is 10.9 Å². The highest BCUT2D eigenvalue weighted by Crippen LogP contribution is 2.23. The van der Waals surface area contributed by atoms with Gasteiger partial charge >= 0.3 is 0 Å². The molecule has 2 aromatic heterocycles. The van der Waals surface area contributed by atoms with Gasteiger partial charge in [0.1, 0.15) is 5.69 Å². The maximum Gasteiger partial charge on any atom is 0.273 e. The molecule has 0 bridgehead atoms. The van der Waals surface area contributed by atoms with Crippen LogP contribution < -0.4 is 5.32 Å². The number of Topliss-reactive ketones (excluding diaryl/α,β-unsaturated/α-hetero) is 1. The highest BCUT2D eigenvalue weighted by molar-refractivity contribution is 7.17. The lowest BCUT2D eigenvalue weighted by molar-refractivity contribution is 0.101. The number of aryl methyl sites for hydroxylation is 1. The lowest BCUT2D eigenvalue weighted by atomic mass is 10.3. The maximum absolute atomic E-state index is 11.7. The number of hydrogen-bond acceptors (Lipinski definition) is 4. The molecule has 0 aliphatic rings. The first-order chi connectivity index (χ1) is 8.08. The van der Waals surface area contributed by atoms with Crippen LogP contribution in [0.25, 0.3) is 0 Å². The van der Waals surface area contributed by atoms with E-state index in [1.807, 2.05) is 0 Å². The molecule has 0 radical (unpaired) electrons. The van der Waals surface area contributed by atoms with E-state index in [9.17, 15) is 9.59 Å². The van der Waals surface area contributed by atoms with E-state index >= 15 is 0 Å². The lowest BCUT2D eigenvalue weighted by Crippen LogP contribution is -2.11. The summed E-state index contributed by atoms with van der Waals surface area (Å²) in [5.41, 5.74) is 1.10. The molecule has 0 fully saturated rings. The number of hydrogen-bond donors (Lipinski definition) is 2. The predicted molar refractivity (Wildman–Crippen MR) is 65.6 cm³/mol. The highest BCUT2D eigenvalue weighted by atomic mass is 32.1. The number of carbonyl (C=O) groups excluding carboxylic acids is 2. The zero-order chi connectivity index (χ0) is 12.4. The molecule has 0 unspecified atom stereocenters. The molecule has 0 aliphatic carbocycles. The van der Waals surface area contributed by atoms with Crippen LogP contribution in [0.5, 0.6) is 0 Å². The van der Waals surface area contributed by atoms with Crippen molar-refractivity contribution in [3.05, 3.63) is 34.6 Å². The molecule has 2 aromatic rings. The fraction of sp³-hybridized carbons (Fsp3) is 0.182. The number of thiazole rings is 1. The van der Waals surface area contributed by atoms with E-state index in [1.165, 1.54) is 18.3 Å². The van der Waals surface area contributed by atoms with Crippen LogP contribution in [0.1, 0.15) is 32.8 Å². The standard InChI is InChI=1S/C11H11N3O2S/c1-6-9(7(2)15)17-11(13-6)14-10(16)8-4-3-5-12-8/h3-5,12H,1-2H3,(H,13,14,16). The molecule has 6 heteroatoms. The molecule has 0 spiro atoms. The first-order valence-electron chi connectivity index (χ1n) is 5.01. The van der Waals surface area contributed by atoms with Gasteiger partial charge in [0.05, 0.1) is 10.6 Å².